The van der Waals surface area contributed by atoms with Crippen molar-refractivity contribution in [1.82, 2.24) is 0 Å². The van der Waals surface area contributed by atoms with Crippen LogP contribution in [-0.4, -0.2) is 5.78 Å². The van der Waals surface area contributed by atoms with Crippen LogP contribution in [0.5, 0.6) is 0 Å². The highest BCUT2D eigenvalue weighted by Gasteiger charge is 2.05. The van der Waals surface area contributed by atoms with E-state index in [1.807, 2.05) is 12.1 Å². The van der Waals surface area contributed by atoms with Gasteiger partial charge in [0.2, 0.25) is 0 Å². The Balaban J connectivity index is 2.18. The van der Waals surface area contributed by atoms with Crippen molar-refractivity contribution in [2.45, 2.75) is 78.1 Å². The summed E-state index contributed by atoms with van der Waals surface area (Å²) in [5.74, 6) is 0.307. The average molecular weight is 274 g/mol. The second-order valence-electron chi connectivity index (χ2n) is 5.74. The van der Waals surface area contributed by atoms with E-state index in [0.29, 0.717) is 12.2 Å². The Bertz CT molecular complexity index is 364. The Morgan fingerprint density at radius 3 is 2.00 bits per heavy atom. The molecule has 0 aliphatic rings. The number of ketones is 1. The molecule has 20 heavy (non-hydrogen) atoms. The molecule has 0 fully saturated rings. The molecule has 0 aromatic heterocycles. The monoisotopic (exact) mass is 274 g/mol. The van der Waals surface area contributed by atoms with Crippen LogP contribution >= 0.6 is 0 Å². The fourth-order valence-corrected chi connectivity index (χ4v) is 2.53. The van der Waals surface area contributed by atoms with Crippen molar-refractivity contribution >= 4 is 5.78 Å². The van der Waals surface area contributed by atoms with Gasteiger partial charge >= 0.3 is 0 Å². The molecule has 0 saturated heterocycles. The van der Waals surface area contributed by atoms with E-state index in [1.54, 1.807) is 0 Å². The fourth-order valence-electron chi connectivity index (χ4n) is 2.53. The Kier molecular flexibility index (Phi) is 9.02. The third-order valence-electron chi connectivity index (χ3n) is 3.82. The van der Waals surface area contributed by atoms with Gasteiger partial charge in [-0.2, -0.15) is 0 Å². The molecule has 0 radical (unpaired) electrons. The first-order chi connectivity index (χ1) is 9.77. The van der Waals surface area contributed by atoms with Crippen molar-refractivity contribution in [1.29, 1.82) is 0 Å². The topological polar surface area (TPSA) is 17.1 Å². The molecule has 1 heteroatoms. The maximum atomic E-state index is 12.0. The minimum atomic E-state index is 0.307. The highest BCUT2D eigenvalue weighted by molar-refractivity contribution is 5.96. The van der Waals surface area contributed by atoms with Gasteiger partial charge in [-0.1, -0.05) is 83.1 Å². The Labute approximate surface area is 124 Å². The Hall–Kier alpha value is -1.11. The lowest BCUT2D eigenvalue weighted by Crippen LogP contribution is -1.99. The van der Waals surface area contributed by atoms with Gasteiger partial charge in [-0.15, -0.1) is 0 Å². The zero-order valence-electron chi connectivity index (χ0n) is 13.3. The summed E-state index contributed by atoms with van der Waals surface area (Å²) in [6, 6.07) is 8.19. The van der Waals surface area contributed by atoms with E-state index in [4.69, 9.17) is 0 Å². The summed E-state index contributed by atoms with van der Waals surface area (Å²) in [6.07, 6.45) is 11.8. The van der Waals surface area contributed by atoms with Crippen molar-refractivity contribution in [3.05, 3.63) is 35.4 Å². The van der Waals surface area contributed by atoms with Crippen LogP contribution in [0.4, 0.5) is 0 Å². The minimum Gasteiger partial charge on any atom is -0.294 e. The molecule has 0 saturated carbocycles. The van der Waals surface area contributed by atoms with Gasteiger partial charge < -0.3 is 0 Å². The molecule has 0 heterocycles. The van der Waals surface area contributed by atoms with Gasteiger partial charge in [0.1, 0.15) is 0 Å². The summed E-state index contributed by atoms with van der Waals surface area (Å²) in [4.78, 5) is 12.0. The maximum Gasteiger partial charge on any atom is 0.162 e. The number of benzene rings is 1. The van der Waals surface area contributed by atoms with Gasteiger partial charge in [-0.05, 0) is 18.4 Å². The van der Waals surface area contributed by atoms with Crippen molar-refractivity contribution in [3.63, 3.8) is 0 Å². The minimum absolute atomic E-state index is 0.307. The summed E-state index contributed by atoms with van der Waals surface area (Å²) in [7, 11) is 0. The highest BCUT2D eigenvalue weighted by Crippen LogP contribution is 2.13. The number of Topliss-reactive ketones (excluding diaryl/α,β-unsaturated/α-hetero) is 1. The van der Waals surface area contributed by atoms with Gasteiger partial charge in [-0.3, -0.25) is 4.79 Å². The second kappa shape index (κ2) is 10.7. The van der Waals surface area contributed by atoms with Crippen LogP contribution in [0.1, 0.15) is 87.6 Å². The lowest BCUT2D eigenvalue weighted by atomic mass is 10.0. The summed E-state index contributed by atoms with van der Waals surface area (Å²) in [5.41, 5.74) is 2.22. The quantitative estimate of drug-likeness (QED) is 0.359. The molecule has 1 nitrogen and oxygen atoms in total. The largest absolute Gasteiger partial charge is 0.294 e. The van der Waals surface area contributed by atoms with Crippen LogP contribution in [-0.2, 0) is 6.42 Å². The molecule has 0 atom stereocenters. The molecule has 1 rings (SSSR count). The predicted molar refractivity (Wildman–Crippen MR) is 87.4 cm³/mol. The van der Waals surface area contributed by atoms with Crippen molar-refractivity contribution in [2.75, 3.05) is 0 Å². The third-order valence-corrected chi connectivity index (χ3v) is 3.82. The summed E-state index contributed by atoms with van der Waals surface area (Å²) in [5, 5.41) is 0. The SMILES string of the molecule is CCCCCCCCCC(=O)c1ccc(CCC)cc1. The molecule has 0 unspecified atom stereocenters. The van der Waals surface area contributed by atoms with Crippen LogP contribution < -0.4 is 0 Å². The third kappa shape index (κ3) is 6.88. The van der Waals surface area contributed by atoms with Gasteiger partial charge in [0.05, 0.1) is 0 Å². The van der Waals surface area contributed by atoms with Gasteiger partial charge in [-0.25, -0.2) is 0 Å². The van der Waals surface area contributed by atoms with Crippen LogP contribution in [0.2, 0.25) is 0 Å². The van der Waals surface area contributed by atoms with Crippen LogP contribution in [0.25, 0.3) is 0 Å². The van der Waals surface area contributed by atoms with E-state index in [0.717, 1.165) is 24.8 Å². The van der Waals surface area contributed by atoms with Crippen molar-refractivity contribution in [3.8, 4) is 0 Å². The molecule has 0 spiro atoms. The molecule has 0 amide bonds. The first kappa shape index (κ1) is 16.9. The summed E-state index contributed by atoms with van der Waals surface area (Å²) < 4.78 is 0. The van der Waals surface area contributed by atoms with Crippen LogP contribution in [0, 0.1) is 0 Å². The molecule has 1 aromatic carbocycles. The number of rotatable bonds is 11. The number of aryl methyl sites for hydroxylation is 1. The van der Waals surface area contributed by atoms with E-state index < -0.39 is 0 Å². The first-order valence-corrected chi connectivity index (χ1v) is 8.40. The lowest BCUT2D eigenvalue weighted by molar-refractivity contribution is 0.0979. The second-order valence-corrected chi connectivity index (χ2v) is 5.74. The number of unbranched alkanes of at least 4 members (excludes halogenated alkanes) is 6. The number of hydrogen-bond acceptors (Lipinski definition) is 1. The van der Waals surface area contributed by atoms with Crippen molar-refractivity contribution in [2.24, 2.45) is 0 Å². The van der Waals surface area contributed by atoms with Gasteiger partial charge in [0.25, 0.3) is 0 Å². The predicted octanol–water partition coefficient (Wildman–Crippen LogP) is 5.96. The lowest BCUT2D eigenvalue weighted by Gasteiger charge is -2.04. The van der Waals surface area contributed by atoms with E-state index in [9.17, 15) is 4.79 Å². The normalized spacial score (nSPS) is 10.7. The van der Waals surface area contributed by atoms with Gasteiger partial charge in [0, 0.05) is 12.0 Å². The molecule has 0 N–H and O–H groups in total. The highest BCUT2D eigenvalue weighted by atomic mass is 16.1. The summed E-state index contributed by atoms with van der Waals surface area (Å²) in [6.45, 7) is 4.42. The first-order valence-electron chi connectivity index (χ1n) is 8.40. The van der Waals surface area contributed by atoms with Crippen LogP contribution in [0.15, 0.2) is 24.3 Å². The van der Waals surface area contributed by atoms with E-state index in [1.165, 1.54) is 44.1 Å². The zero-order chi connectivity index (χ0) is 14.6. The van der Waals surface area contributed by atoms with Crippen molar-refractivity contribution < 1.29 is 4.79 Å². The molecule has 1 aromatic rings. The molecule has 0 aliphatic carbocycles. The van der Waals surface area contributed by atoms with E-state index in [2.05, 4.69) is 26.0 Å². The average Bonchev–Trinajstić information content (AvgIpc) is 2.47. The molecule has 0 bridgehead atoms. The Morgan fingerprint density at radius 1 is 0.800 bits per heavy atom. The van der Waals surface area contributed by atoms with E-state index >= 15 is 0 Å². The van der Waals surface area contributed by atoms with Crippen LogP contribution in [0.3, 0.4) is 0 Å². The number of carbonyl (C=O) groups is 1. The molecular weight excluding hydrogens is 244 g/mol. The zero-order valence-corrected chi connectivity index (χ0v) is 13.3. The Morgan fingerprint density at radius 2 is 1.40 bits per heavy atom. The smallest absolute Gasteiger partial charge is 0.162 e. The molecular formula is C19H30O. The fraction of sp³-hybridized carbons (Fsp3) is 0.632. The molecule has 112 valence electrons. The number of carbonyl (C=O) groups excluding carboxylic acids is 1. The maximum absolute atomic E-state index is 12.0. The van der Waals surface area contributed by atoms with Gasteiger partial charge in [0.15, 0.2) is 5.78 Å². The standard InChI is InChI=1S/C19H30O/c1-3-5-6-7-8-9-10-12-19(20)18-15-13-17(11-4-2)14-16-18/h13-16H,3-12H2,1-2H3. The summed E-state index contributed by atoms with van der Waals surface area (Å²) >= 11 is 0. The molecule has 0 aliphatic heterocycles. The van der Waals surface area contributed by atoms with E-state index in [-0.39, 0.29) is 0 Å². The number of hydrogen-bond donors (Lipinski definition) is 0.